The molecule has 70 valence electrons. The maximum absolute atomic E-state index is 11.9. The van der Waals surface area contributed by atoms with E-state index >= 15 is 0 Å². The molecule has 0 aromatic rings. The summed E-state index contributed by atoms with van der Waals surface area (Å²) < 4.78 is 35.6. The molecule has 0 aliphatic rings. The molecular weight excluding hydrogens is 171 g/mol. The molecule has 0 aliphatic carbocycles. The molecule has 0 aromatic heterocycles. The number of rotatable bonds is 4. The Morgan fingerprint density at radius 2 is 2.17 bits per heavy atom. The SMILES string of the molecule is C=CN(/N=C\CNC)C(F)(F)F. The fourth-order valence-electron chi connectivity index (χ4n) is 0.436. The lowest BCUT2D eigenvalue weighted by molar-refractivity contribution is -0.227. The van der Waals surface area contributed by atoms with Gasteiger partial charge in [-0.25, -0.2) is 0 Å². The summed E-state index contributed by atoms with van der Waals surface area (Å²) in [4.78, 5) is 0. The fourth-order valence-corrected chi connectivity index (χ4v) is 0.436. The molecule has 1 N–H and O–H groups in total. The van der Waals surface area contributed by atoms with E-state index in [9.17, 15) is 13.2 Å². The van der Waals surface area contributed by atoms with Crippen molar-refractivity contribution in [1.29, 1.82) is 0 Å². The summed E-state index contributed by atoms with van der Waals surface area (Å²) in [5, 5.41) is 5.56. The van der Waals surface area contributed by atoms with Crippen molar-refractivity contribution in [1.82, 2.24) is 10.3 Å². The van der Waals surface area contributed by atoms with Gasteiger partial charge in [-0.1, -0.05) is 6.58 Å². The number of nitrogens with one attached hydrogen (secondary N) is 1. The topological polar surface area (TPSA) is 27.6 Å². The molecule has 0 bridgehead atoms. The van der Waals surface area contributed by atoms with Crippen molar-refractivity contribution in [2.24, 2.45) is 5.10 Å². The van der Waals surface area contributed by atoms with Gasteiger partial charge in [0.25, 0.3) is 0 Å². The average Bonchev–Trinajstić information content (AvgIpc) is 1.95. The van der Waals surface area contributed by atoms with Gasteiger partial charge >= 0.3 is 6.30 Å². The Labute approximate surface area is 68.5 Å². The number of nitrogens with zero attached hydrogens (tertiary/aromatic N) is 2. The second kappa shape index (κ2) is 4.76. The molecule has 0 saturated heterocycles. The Bertz CT molecular complexity index is 164. The largest absolute Gasteiger partial charge is 0.504 e. The smallest absolute Gasteiger partial charge is 0.315 e. The highest BCUT2D eigenvalue weighted by molar-refractivity contribution is 5.59. The molecule has 0 heterocycles. The zero-order chi connectivity index (χ0) is 9.61. The molecule has 0 aliphatic heterocycles. The monoisotopic (exact) mass is 181 g/mol. The van der Waals surface area contributed by atoms with Crippen molar-refractivity contribution in [3.8, 4) is 0 Å². The predicted octanol–water partition coefficient (Wildman–Crippen LogP) is 1.16. The van der Waals surface area contributed by atoms with Gasteiger partial charge in [-0.3, -0.25) is 0 Å². The highest BCUT2D eigenvalue weighted by Crippen LogP contribution is 2.20. The molecule has 6 heteroatoms. The molecule has 0 rings (SSSR count). The minimum absolute atomic E-state index is 0.162. The third-order valence-electron chi connectivity index (χ3n) is 0.934. The van der Waals surface area contributed by atoms with E-state index in [0.717, 1.165) is 6.21 Å². The molecule has 0 saturated carbocycles. The quantitative estimate of drug-likeness (QED) is 0.400. The van der Waals surface area contributed by atoms with Crippen LogP contribution in [0.4, 0.5) is 13.2 Å². The van der Waals surface area contributed by atoms with Crippen LogP contribution >= 0.6 is 0 Å². The molecule has 0 aromatic carbocycles. The Morgan fingerprint density at radius 3 is 2.50 bits per heavy atom. The first kappa shape index (κ1) is 11.0. The van der Waals surface area contributed by atoms with Crippen LogP contribution in [0.1, 0.15) is 0 Å². The van der Waals surface area contributed by atoms with Crippen molar-refractivity contribution in [3.63, 3.8) is 0 Å². The molecule has 0 fully saturated rings. The summed E-state index contributed by atoms with van der Waals surface area (Å²) in [7, 11) is 1.61. The first-order chi connectivity index (χ1) is 5.52. The molecular formula is C6H10F3N3. The number of alkyl halides is 3. The second-order valence-corrected chi connectivity index (χ2v) is 1.85. The normalized spacial score (nSPS) is 12.0. The molecule has 3 nitrogen and oxygen atoms in total. The highest BCUT2D eigenvalue weighted by atomic mass is 19.4. The van der Waals surface area contributed by atoms with Crippen LogP contribution in [0.15, 0.2) is 17.9 Å². The molecule has 0 amide bonds. The van der Waals surface area contributed by atoms with Crippen LogP contribution in [0, 0.1) is 0 Å². The minimum Gasteiger partial charge on any atom is -0.315 e. The van der Waals surface area contributed by atoms with E-state index in [1.54, 1.807) is 7.05 Å². The summed E-state index contributed by atoms with van der Waals surface area (Å²) in [5.41, 5.74) is 0. The number of hydrazone groups is 1. The van der Waals surface area contributed by atoms with Gasteiger partial charge in [-0.15, -0.1) is 13.2 Å². The van der Waals surface area contributed by atoms with Gasteiger partial charge in [0.2, 0.25) is 0 Å². The highest BCUT2D eigenvalue weighted by Gasteiger charge is 2.34. The van der Waals surface area contributed by atoms with Gasteiger partial charge in [0, 0.05) is 19.0 Å². The molecule has 12 heavy (non-hydrogen) atoms. The standard InChI is InChI=1S/C6H10F3N3/c1-3-12(6(7,8)9)11-5-4-10-2/h3,5,10H,1,4H2,2H3/b11-5-. The van der Waals surface area contributed by atoms with Gasteiger partial charge in [0.05, 0.1) is 0 Å². The Hall–Kier alpha value is -1.04. The summed E-state index contributed by atoms with van der Waals surface area (Å²) in [6.45, 7) is 3.26. The summed E-state index contributed by atoms with van der Waals surface area (Å²) >= 11 is 0. The maximum atomic E-state index is 11.9. The lowest BCUT2D eigenvalue weighted by atomic mass is 10.7. The summed E-state index contributed by atoms with van der Waals surface area (Å²) in [6.07, 6.45) is -2.78. The van der Waals surface area contributed by atoms with Gasteiger partial charge in [0.1, 0.15) is 0 Å². The van der Waals surface area contributed by atoms with Gasteiger partial charge in [-0.05, 0) is 7.05 Å². The van der Waals surface area contributed by atoms with E-state index in [2.05, 4.69) is 17.0 Å². The van der Waals surface area contributed by atoms with E-state index in [0.29, 0.717) is 6.20 Å². The predicted molar refractivity (Wildman–Crippen MR) is 40.5 cm³/mol. The van der Waals surface area contributed by atoms with Crippen LogP contribution in [0.2, 0.25) is 0 Å². The second-order valence-electron chi connectivity index (χ2n) is 1.85. The number of hydrogen-bond donors (Lipinski definition) is 1. The van der Waals surface area contributed by atoms with Crippen LogP contribution < -0.4 is 5.32 Å². The van der Waals surface area contributed by atoms with Gasteiger partial charge < -0.3 is 5.32 Å². The van der Waals surface area contributed by atoms with Crippen molar-refractivity contribution < 1.29 is 13.2 Å². The van der Waals surface area contributed by atoms with Crippen LogP contribution in [-0.2, 0) is 0 Å². The zero-order valence-electron chi connectivity index (χ0n) is 6.60. The fraction of sp³-hybridized carbons (Fsp3) is 0.500. The van der Waals surface area contributed by atoms with Crippen LogP contribution in [0.3, 0.4) is 0 Å². The van der Waals surface area contributed by atoms with Crippen LogP contribution in [0.5, 0.6) is 0 Å². The third kappa shape index (κ3) is 3.97. The lowest BCUT2D eigenvalue weighted by Gasteiger charge is -2.16. The molecule has 0 atom stereocenters. The van der Waals surface area contributed by atoms with Crippen LogP contribution in [-0.4, -0.2) is 31.1 Å². The lowest BCUT2D eigenvalue weighted by Crippen LogP contribution is -2.28. The van der Waals surface area contributed by atoms with Crippen molar-refractivity contribution in [2.75, 3.05) is 13.6 Å². The molecule has 0 unspecified atom stereocenters. The first-order valence-electron chi connectivity index (χ1n) is 3.18. The van der Waals surface area contributed by atoms with E-state index in [-0.39, 0.29) is 11.6 Å². The van der Waals surface area contributed by atoms with Gasteiger partial charge in [-0.2, -0.15) is 10.1 Å². The number of halogens is 3. The third-order valence-corrected chi connectivity index (χ3v) is 0.934. The molecule has 0 spiro atoms. The van der Waals surface area contributed by atoms with Gasteiger partial charge in [0.15, 0.2) is 0 Å². The Balaban J connectivity index is 4.09. The molecule has 0 radical (unpaired) electrons. The van der Waals surface area contributed by atoms with E-state index in [1.165, 1.54) is 0 Å². The van der Waals surface area contributed by atoms with Crippen LogP contribution in [0.25, 0.3) is 0 Å². The average molecular weight is 181 g/mol. The van der Waals surface area contributed by atoms with Crippen molar-refractivity contribution >= 4 is 6.21 Å². The summed E-state index contributed by atoms with van der Waals surface area (Å²) in [5.74, 6) is 0. The van der Waals surface area contributed by atoms with E-state index < -0.39 is 6.30 Å². The zero-order valence-corrected chi connectivity index (χ0v) is 6.60. The number of hydrogen-bond acceptors (Lipinski definition) is 3. The van der Waals surface area contributed by atoms with E-state index in [1.807, 2.05) is 0 Å². The first-order valence-corrected chi connectivity index (χ1v) is 3.18. The maximum Gasteiger partial charge on any atom is 0.504 e. The van der Waals surface area contributed by atoms with E-state index in [4.69, 9.17) is 0 Å². The Kier molecular flexibility index (Phi) is 4.35. The Morgan fingerprint density at radius 1 is 1.58 bits per heavy atom. The van der Waals surface area contributed by atoms with Crippen molar-refractivity contribution in [3.05, 3.63) is 12.8 Å². The minimum atomic E-state index is -4.49. The summed E-state index contributed by atoms with van der Waals surface area (Å²) in [6, 6.07) is 0. The van der Waals surface area contributed by atoms with Crippen molar-refractivity contribution in [2.45, 2.75) is 6.30 Å².